The topological polar surface area (TPSA) is 53.6 Å². The molecule has 1 atom stereocenters. The minimum Gasteiger partial charge on any atom is -0.378 e. The van der Waals surface area contributed by atoms with E-state index in [0.717, 1.165) is 39.1 Å². The smallest absolute Gasteiger partial charge is 0.239 e. The van der Waals surface area contributed by atoms with Crippen molar-refractivity contribution in [2.75, 3.05) is 32.8 Å². The summed E-state index contributed by atoms with van der Waals surface area (Å²) in [5, 5.41) is 6.38. The molecule has 0 spiro atoms. The largest absolute Gasteiger partial charge is 0.378 e. The zero-order chi connectivity index (χ0) is 13.0. The van der Waals surface area contributed by atoms with E-state index in [0.29, 0.717) is 12.6 Å². The molecule has 0 aromatic heterocycles. The van der Waals surface area contributed by atoms with Crippen molar-refractivity contribution >= 4 is 5.91 Å². The lowest BCUT2D eigenvalue weighted by atomic mass is 10.0. The number of amides is 1. The van der Waals surface area contributed by atoms with Crippen LogP contribution in [0.5, 0.6) is 0 Å². The van der Waals surface area contributed by atoms with Crippen molar-refractivity contribution in [3.63, 3.8) is 0 Å². The second-order valence-electron chi connectivity index (χ2n) is 5.47. The summed E-state index contributed by atoms with van der Waals surface area (Å²) in [7, 11) is 0. The first kappa shape index (κ1) is 13.8. The van der Waals surface area contributed by atoms with Gasteiger partial charge in [-0.25, -0.2) is 0 Å². The Bertz CT molecular complexity index is 277. The molecule has 2 rings (SSSR count). The Morgan fingerprint density at radius 2 is 2.11 bits per heavy atom. The maximum atomic E-state index is 12.2. The quantitative estimate of drug-likeness (QED) is 0.743. The maximum absolute atomic E-state index is 12.2. The van der Waals surface area contributed by atoms with Gasteiger partial charge in [0.25, 0.3) is 0 Å². The molecule has 0 aliphatic carbocycles. The third-order valence-electron chi connectivity index (χ3n) is 3.68. The summed E-state index contributed by atoms with van der Waals surface area (Å²) < 4.78 is 5.49. The molecule has 2 aliphatic heterocycles. The highest BCUT2D eigenvalue weighted by molar-refractivity contribution is 5.82. The molecule has 2 N–H and O–H groups in total. The standard InChI is InChI=1S/C13H25N3O2/c1-10(2)15-13(17)12-9-18-8-7-16(12)11-3-5-14-6-4-11/h10-12,14H,3-9H2,1-2H3,(H,15,17). The van der Waals surface area contributed by atoms with E-state index in [2.05, 4.69) is 15.5 Å². The van der Waals surface area contributed by atoms with Gasteiger partial charge in [-0.05, 0) is 39.8 Å². The van der Waals surface area contributed by atoms with Crippen LogP contribution in [0.25, 0.3) is 0 Å². The van der Waals surface area contributed by atoms with Crippen LogP contribution in [0.2, 0.25) is 0 Å². The predicted octanol–water partition coefficient (Wildman–Crippen LogP) is -0.0362. The van der Waals surface area contributed by atoms with Gasteiger partial charge in [0.2, 0.25) is 5.91 Å². The first-order valence-corrected chi connectivity index (χ1v) is 7.03. The normalized spacial score (nSPS) is 27.4. The molecule has 0 bridgehead atoms. The molecule has 18 heavy (non-hydrogen) atoms. The Hall–Kier alpha value is -0.650. The number of rotatable bonds is 3. The van der Waals surface area contributed by atoms with E-state index >= 15 is 0 Å². The Balaban J connectivity index is 1.98. The molecule has 5 heteroatoms. The maximum Gasteiger partial charge on any atom is 0.239 e. The highest BCUT2D eigenvalue weighted by Crippen LogP contribution is 2.18. The second-order valence-corrected chi connectivity index (χ2v) is 5.47. The van der Waals surface area contributed by atoms with Gasteiger partial charge >= 0.3 is 0 Å². The molecule has 0 aromatic rings. The molecule has 0 saturated carbocycles. The molecule has 2 fully saturated rings. The number of piperidine rings is 1. The molecular weight excluding hydrogens is 230 g/mol. The molecule has 2 saturated heterocycles. The van der Waals surface area contributed by atoms with E-state index in [1.54, 1.807) is 0 Å². The molecule has 2 aliphatic rings. The van der Waals surface area contributed by atoms with Gasteiger partial charge in [-0.15, -0.1) is 0 Å². The van der Waals surface area contributed by atoms with E-state index in [9.17, 15) is 4.79 Å². The molecular formula is C13H25N3O2. The highest BCUT2D eigenvalue weighted by atomic mass is 16.5. The third-order valence-corrected chi connectivity index (χ3v) is 3.68. The Morgan fingerprint density at radius 1 is 1.39 bits per heavy atom. The van der Waals surface area contributed by atoms with Crippen molar-refractivity contribution < 1.29 is 9.53 Å². The Morgan fingerprint density at radius 3 is 2.78 bits per heavy atom. The highest BCUT2D eigenvalue weighted by Gasteiger charge is 2.34. The first-order chi connectivity index (χ1) is 8.68. The van der Waals surface area contributed by atoms with Crippen LogP contribution >= 0.6 is 0 Å². The summed E-state index contributed by atoms with van der Waals surface area (Å²) in [4.78, 5) is 14.6. The summed E-state index contributed by atoms with van der Waals surface area (Å²) >= 11 is 0. The number of hydrogen-bond donors (Lipinski definition) is 2. The summed E-state index contributed by atoms with van der Waals surface area (Å²) in [5.74, 6) is 0.114. The summed E-state index contributed by atoms with van der Waals surface area (Å²) in [6.07, 6.45) is 2.26. The zero-order valence-electron chi connectivity index (χ0n) is 11.4. The van der Waals surface area contributed by atoms with Gasteiger partial charge < -0.3 is 15.4 Å². The fourth-order valence-corrected chi connectivity index (χ4v) is 2.80. The van der Waals surface area contributed by atoms with E-state index in [1.165, 1.54) is 0 Å². The van der Waals surface area contributed by atoms with Crippen LogP contribution in [0.1, 0.15) is 26.7 Å². The van der Waals surface area contributed by atoms with Crippen molar-refractivity contribution in [2.24, 2.45) is 0 Å². The first-order valence-electron chi connectivity index (χ1n) is 7.03. The number of hydrogen-bond acceptors (Lipinski definition) is 4. The van der Waals surface area contributed by atoms with Crippen LogP contribution in [0.3, 0.4) is 0 Å². The second kappa shape index (κ2) is 6.50. The minimum atomic E-state index is -0.107. The minimum absolute atomic E-state index is 0.107. The molecule has 0 radical (unpaired) electrons. The van der Waals surface area contributed by atoms with Gasteiger partial charge in [-0.3, -0.25) is 9.69 Å². The van der Waals surface area contributed by atoms with Crippen molar-refractivity contribution in [3.8, 4) is 0 Å². The van der Waals surface area contributed by atoms with E-state index < -0.39 is 0 Å². The Labute approximate surface area is 109 Å². The lowest BCUT2D eigenvalue weighted by Gasteiger charge is -2.42. The lowest BCUT2D eigenvalue weighted by Crippen LogP contribution is -2.59. The summed E-state index contributed by atoms with van der Waals surface area (Å²) in [5.41, 5.74) is 0. The van der Waals surface area contributed by atoms with Crippen LogP contribution in [0.15, 0.2) is 0 Å². The molecule has 1 unspecified atom stereocenters. The SMILES string of the molecule is CC(C)NC(=O)C1COCCN1C1CCNCC1. The molecule has 0 aromatic carbocycles. The monoisotopic (exact) mass is 255 g/mol. The van der Waals surface area contributed by atoms with Crippen LogP contribution in [0.4, 0.5) is 0 Å². The number of morpholine rings is 1. The summed E-state index contributed by atoms with van der Waals surface area (Å²) in [6, 6.07) is 0.608. The number of carbonyl (C=O) groups excluding carboxylic acids is 1. The van der Waals surface area contributed by atoms with Gasteiger partial charge in [0.1, 0.15) is 6.04 Å². The Kier molecular flexibility index (Phi) is 4.97. The number of nitrogens with zero attached hydrogens (tertiary/aromatic N) is 1. The van der Waals surface area contributed by atoms with E-state index in [-0.39, 0.29) is 18.0 Å². The fourth-order valence-electron chi connectivity index (χ4n) is 2.80. The number of ether oxygens (including phenoxy) is 1. The van der Waals surface area contributed by atoms with Crippen LogP contribution in [0, 0.1) is 0 Å². The van der Waals surface area contributed by atoms with Gasteiger partial charge in [-0.2, -0.15) is 0 Å². The van der Waals surface area contributed by atoms with Crippen molar-refractivity contribution in [3.05, 3.63) is 0 Å². The van der Waals surface area contributed by atoms with Gasteiger partial charge in [0, 0.05) is 18.6 Å². The lowest BCUT2D eigenvalue weighted by molar-refractivity contribution is -0.135. The van der Waals surface area contributed by atoms with Gasteiger partial charge in [0.05, 0.1) is 13.2 Å². The van der Waals surface area contributed by atoms with Crippen LogP contribution < -0.4 is 10.6 Å². The van der Waals surface area contributed by atoms with Crippen molar-refractivity contribution in [1.82, 2.24) is 15.5 Å². The van der Waals surface area contributed by atoms with Gasteiger partial charge in [0.15, 0.2) is 0 Å². The van der Waals surface area contributed by atoms with Crippen LogP contribution in [-0.2, 0) is 9.53 Å². The molecule has 2 heterocycles. The van der Waals surface area contributed by atoms with Crippen LogP contribution in [-0.4, -0.2) is 61.8 Å². The third kappa shape index (κ3) is 3.43. The van der Waals surface area contributed by atoms with Crippen molar-refractivity contribution in [2.45, 2.75) is 44.8 Å². The predicted molar refractivity (Wildman–Crippen MR) is 70.5 cm³/mol. The average molecular weight is 255 g/mol. The van der Waals surface area contributed by atoms with E-state index in [4.69, 9.17) is 4.74 Å². The fraction of sp³-hybridized carbons (Fsp3) is 0.923. The molecule has 104 valence electrons. The van der Waals surface area contributed by atoms with Crippen molar-refractivity contribution in [1.29, 1.82) is 0 Å². The average Bonchev–Trinajstić information content (AvgIpc) is 2.39. The zero-order valence-corrected chi connectivity index (χ0v) is 11.4. The summed E-state index contributed by atoms with van der Waals surface area (Å²) in [6.45, 7) is 8.26. The molecule has 5 nitrogen and oxygen atoms in total. The van der Waals surface area contributed by atoms with E-state index in [1.807, 2.05) is 13.8 Å². The van der Waals surface area contributed by atoms with Gasteiger partial charge in [-0.1, -0.05) is 0 Å². The number of carbonyl (C=O) groups is 1. The number of nitrogens with one attached hydrogen (secondary N) is 2. The molecule has 1 amide bonds.